The number of benzene rings is 1. The first-order chi connectivity index (χ1) is 6.75. The van der Waals surface area contributed by atoms with Crippen molar-refractivity contribution in [1.29, 1.82) is 0 Å². The van der Waals surface area contributed by atoms with Crippen molar-refractivity contribution in [3.05, 3.63) is 28.7 Å². The summed E-state index contributed by atoms with van der Waals surface area (Å²) in [6, 6.07) is 8.17. The molecule has 1 aliphatic rings. The van der Waals surface area contributed by atoms with Crippen molar-refractivity contribution in [2.75, 3.05) is 13.1 Å². The van der Waals surface area contributed by atoms with E-state index in [1.54, 1.807) is 11.8 Å². The van der Waals surface area contributed by atoms with Crippen molar-refractivity contribution in [3.8, 4) is 0 Å². The van der Waals surface area contributed by atoms with Crippen molar-refractivity contribution in [2.45, 2.75) is 16.2 Å². The minimum absolute atomic E-state index is 0.223. The third-order valence-electron chi connectivity index (χ3n) is 2.21. The maximum Gasteiger partial charge on any atom is 0.0798 e. The van der Waals surface area contributed by atoms with E-state index in [1.807, 2.05) is 12.1 Å². The van der Waals surface area contributed by atoms with Crippen molar-refractivity contribution >= 4 is 27.7 Å². The van der Waals surface area contributed by atoms with Crippen LogP contribution in [0, 0.1) is 0 Å². The van der Waals surface area contributed by atoms with Crippen LogP contribution in [0.2, 0.25) is 0 Å². The Labute approximate surface area is 96.2 Å². The van der Waals surface area contributed by atoms with Gasteiger partial charge in [-0.25, -0.2) is 0 Å². The van der Waals surface area contributed by atoms with E-state index < -0.39 is 0 Å². The van der Waals surface area contributed by atoms with Crippen LogP contribution in [0.3, 0.4) is 0 Å². The van der Waals surface area contributed by atoms with E-state index in [9.17, 15) is 5.11 Å². The molecular weight excluding hydrogens is 262 g/mol. The van der Waals surface area contributed by atoms with Crippen LogP contribution >= 0.6 is 27.7 Å². The molecule has 1 aliphatic heterocycles. The lowest BCUT2D eigenvalue weighted by Gasteiger charge is -2.12. The maximum atomic E-state index is 9.62. The first-order valence-corrected chi connectivity index (χ1v) is 6.24. The summed E-state index contributed by atoms with van der Waals surface area (Å²) in [7, 11) is 0. The highest BCUT2D eigenvalue weighted by Gasteiger charge is 2.25. The zero-order valence-corrected chi connectivity index (χ0v) is 10.0. The number of halogens is 1. The van der Waals surface area contributed by atoms with Crippen LogP contribution in [0.5, 0.6) is 0 Å². The molecule has 2 unspecified atom stereocenters. The van der Waals surface area contributed by atoms with E-state index in [0.29, 0.717) is 6.54 Å². The van der Waals surface area contributed by atoms with E-state index >= 15 is 0 Å². The van der Waals surface area contributed by atoms with Gasteiger partial charge < -0.3 is 10.4 Å². The molecule has 0 aliphatic carbocycles. The Balaban J connectivity index is 2.03. The van der Waals surface area contributed by atoms with Gasteiger partial charge in [-0.05, 0) is 18.2 Å². The van der Waals surface area contributed by atoms with Gasteiger partial charge in [0.15, 0.2) is 0 Å². The molecule has 76 valence electrons. The van der Waals surface area contributed by atoms with Crippen LogP contribution in [0.4, 0.5) is 0 Å². The first kappa shape index (κ1) is 10.5. The normalized spacial score (nSPS) is 26.7. The third kappa shape index (κ3) is 2.51. The summed E-state index contributed by atoms with van der Waals surface area (Å²) < 4.78 is 1.09. The van der Waals surface area contributed by atoms with E-state index in [0.717, 1.165) is 11.0 Å². The number of aliphatic hydroxyl groups is 1. The molecule has 2 atom stereocenters. The van der Waals surface area contributed by atoms with Gasteiger partial charge in [-0.1, -0.05) is 22.0 Å². The minimum Gasteiger partial charge on any atom is -0.391 e. The third-order valence-corrected chi connectivity index (χ3v) is 4.01. The molecule has 0 saturated carbocycles. The number of hydrogen-bond acceptors (Lipinski definition) is 3. The number of thioether (sulfide) groups is 1. The van der Waals surface area contributed by atoms with Crippen LogP contribution in [0.15, 0.2) is 33.6 Å². The van der Waals surface area contributed by atoms with Crippen molar-refractivity contribution in [3.63, 3.8) is 0 Å². The Morgan fingerprint density at radius 3 is 2.93 bits per heavy atom. The van der Waals surface area contributed by atoms with Gasteiger partial charge in [-0.15, -0.1) is 11.8 Å². The molecule has 0 spiro atoms. The summed E-state index contributed by atoms with van der Waals surface area (Å²) in [5.41, 5.74) is 0. The van der Waals surface area contributed by atoms with Gasteiger partial charge >= 0.3 is 0 Å². The zero-order chi connectivity index (χ0) is 9.97. The number of aliphatic hydroxyl groups excluding tert-OH is 1. The molecule has 0 radical (unpaired) electrons. The Hall–Kier alpha value is -0.0300. The number of β-amino-alcohol motifs (C(OH)–C–C–N with tert-alkyl or cyclic N) is 1. The van der Waals surface area contributed by atoms with Gasteiger partial charge in [-0.3, -0.25) is 0 Å². The molecule has 2 rings (SSSR count). The Morgan fingerprint density at radius 1 is 1.43 bits per heavy atom. The van der Waals surface area contributed by atoms with Gasteiger partial charge in [0.05, 0.1) is 6.10 Å². The molecule has 0 amide bonds. The Kier molecular flexibility index (Phi) is 3.49. The SMILES string of the molecule is OC1CNCC1Sc1cccc(Br)c1. The second-order valence-corrected chi connectivity index (χ2v) is 5.57. The van der Waals surface area contributed by atoms with Crippen molar-refractivity contribution in [2.24, 2.45) is 0 Å². The fourth-order valence-corrected chi connectivity index (χ4v) is 3.18. The molecule has 1 aromatic rings. The monoisotopic (exact) mass is 273 g/mol. The lowest BCUT2D eigenvalue weighted by atomic mass is 10.3. The fraction of sp³-hybridized carbons (Fsp3) is 0.400. The summed E-state index contributed by atoms with van der Waals surface area (Å²) in [5.74, 6) is 0. The van der Waals surface area contributed by atoms with Crippen LogP contribution in [0.25, 0.3) is 0 Å². The van der Waals surface area contributed by atoms with Crippen LogP contribution in [0.1, 0.15) is 0 Å². The second kappa shape index (κ2) is 4.66. The quantitative estimate of drug-likeness (QED) is 0.863. The molecule has 2 nitrogen and oxygen atoms in total. The lowest BCUT2D eigenvalue weighted by Crippen LogP contribution is -2.19. The largest absolute Gasteiger partial charge is 0.391 e. The molecule has 1 heterocycles. The molecule has 0 aromatic heterocycles. The summed E-state index contributed by atoms with van der Waals surface area (Å²) >= 11 is 5.17. The molecule has 1 fully saturated rings. The highest BCUT2D eigenvalue weighted by Crippen LogP contribution is 2.28. The second-order valence-electron chi connectivity index (χ2n) is 3.34. The fourth-order valence-electron chi connectivity index (χ4n) is 1.48. The van der Waals surface area contributed by atoms with Gasteiger partial charge in [0.2, 0.25) is 0 Å². The summed E-state index contributed by atoms with van der Waals surface area (Å²) in [5, 5.41) is 13.1. The minimum atomic E-state index is -0.223. The standard InChI is InChI=1S/C10H12BrNOS/c11-7-2-1-3-8(4-7)14-10-6-12-5-9(10)13/h1-4,9-10,12-13H,5-6H2. The Bertz CT molecular complexity index is 321. The lowest BCUT2D eigenvalue weighted by molar-refractivity contribution is 0.201. The van der Waals surface area contributed by atoms with Gasteiger partial charge in [0.1, 0.15) is 0 Å². The van der Waals surface area contributed by atoms with E-state index in [2.05, 4.69) is 33.4 Å². The van der Waals surface area contributed by atoms with Crippen LogP contribution in [-0.4, -0.2) is 29.5 Å². The molecular formula is C10H12BrNOS. The molecule has 0 bridgehead atoms. The van der Waals surface area contributed by atoms with E-state index in [4.69, 9.17) is 0 Å². The maximum absolute atomic E-state index is 9.62. The average molecular weight is 274 g/mol. The van der Waals surface area contributed by atoms with E-state index in [-0.39, 0.29) is 11.4 Å². The molecule has 2 N–H and O–H groups in total. The topological polar surface area (TPSA) is 32.3 Å². The van der Waals surface area contributed by atoms with Crippen LogP contribution < -0.4 is 5.32 Å². The van der Waals surface area contributed by atoms with Crippen molar-refractivity contribution < 1.29 is 5.11 Å². The smallest absolute Gasteiger partial charge is 0.0798 e. The average Bonchev–Trinajstić information content (AvgIpc) is 2.52. The molecule has 4 heteroatoms. The van der Waals surface area contributed by atoms with Gasteiger partial charge in [-0.2, -0.15) is 0 Å². The highest BCUT2D eigenvalue weighted by molar-refractivity contribution is 9.10. The molecule has 1 saturated heterocycles. The molecule has 14 heavy (non-hydrogen) atoms. The summed E-state index contributed by atoms with van der Waals surface area (Å²) in [4.78, 5) is 1.20. The van der Waals surface area contributed by atoms with Gasteiger partial charge in [0.25, 0.3) is 0 Å². The number of rotatable bonds is 2. The van der Waals surface area contributed by atoms with Gasteiger partial charge in [0, 0.05) is 27.7 Å². The number of hydrogen-bond donors (Lipinski definition) is 2. The van der Waals surface area contributed by atoms with Crippen molar-refractivity contribution in [1.82, 2.24) is 5.32 Å². The molecule has 1 aromatic carbocycles. The summed E-state index contributed by atoms with van der Waals surface area (Å²) in [6.07, 6.45) is -0.223. The number of nitrogens with one attached hydrogen (secondary N) is 1. The first-order valence-electron chi connectivity index (χ1n) is 4.57. The van der Waals surface area contributed by atoms with Crippen LogP contribution in [-0.2, 0) is 0 Å². The highest BCUT2D eigenvalue weighted by atomic mass is 79.9. The predicted molar refractivity (Wildman–Crippen MR) is 62.7 cm³/mol. The Morgan fingerprint density at radius 2 is 2.29 bits per heavy atom. The summed E-state index contributed by atoms with van der Waals surface area (Å²) in [6.45, 7) is 1.60. The van der Waals surface area contributed by atoms with E-state index in [1.165, 1.54) is 4.90 Å². The zero-order valence-electron chi connectivity index (χ0n) is 7.61. The predicted octanol–water partition coefficient (Wildman–Crippen LogP) is 1.87.